The molecule has 268 valence electrons. The highest BCUT2D eigenvalue weighted by Crippen LogP contribution is 2.40. The zero-order valence-electron chi connectivity index (χ0n) is 31.3. The van der Waals surface area contributed by atoms with Crippen molar-refractivity contribution in [2.45, 2.75) is 0 Å². The SMILES string of the molecule is c1ccc2c(c1)ccc1ccc(-c3nc(-n4c5ccccc5c5cc6ccc(-n7c8ccccc8c8ccc9ccccc9c87)cc6cc54)c4ccccc4n3)cc12. The molecule has 0 aliphatic carbocycles. The number of nitrogens with zero attached hydrogens (tertiary/aromatic N) is 4. The van der Waals surface area contributed by atoms with E-state index in [2.05, 4.69) is 203 Å². The Bertz CT molecular complexity index is 3870. The molecule has 0 fully saturated rings. The Hall–Kier alpha value is -7.82. The molecule has 0 radical (unpaired) electrons. The summed E-state index contributed by atoms with van der Waals surface area (Å²) in [4.78, 5) is 10.7. The first-order chi connectivity index (χ1) is 28.7. The zero-order valence-corrected chi connectivity index (χ0v) is 31.3. The summed E-state index contributed by atoms with van der Waals surface area (Å²) >= 11 is 0. The van der Waals surface area contributed by atoms with Gasteiger partial charge in [-0.1, -0.05) is 140 Å². The van der Waals surface area contributed by atoms with Crippen molar-refractivity contribution in [2.75, 3.05) is 0 Å². The molecule has 0 unspecified atom stereocenters. The van der Waals surface area contributed by atoms with E-state index < -0.39 is 0 Å². The van der Waals surface area contributed by atoms with Crippen molar-refractivity contribution in [3.63, 3.8) is 0 Å². The smallest absolute Gasteiger partial charge is 0.162 e. The number of aromatic nitrogens is 4. The summed E-state index contributed by atoms with van der Waals surface area (Å²) in [5.41, 5.74) is 7.69. The third kappa shape index (κ3) is 4.45. The molecule has 0 saturated carbocycles. The van der Waals surface area contributed by atoms with Crippen molar-refractivity contribution >= 4 is 97.6 Å². The molecule has 4 nitrogen and oxygen atoms in total. The van der Waals surface area contributed by atoms with Crippen molar-refractivity contribution in [1.82, 2.24) is 19.1 Å². The Kier molecular flexibility index (Phi) is 6.41. The van der Waals surface area contributed by atoms with Gasteiger partial charge in [-0.15, -0.1) is 0 Å². The van der Waals surface area contributed by atoms with Gasteiger partial charge in [0.05, 0.1) is 27.6 Å². The molecule has 10 aromatic carbocycles. The quantitative estimate of drug-likeness (QED) is 0.169. The lowest BCUT2D eigenvalue weighted by molar-refractivity contribution is 1.08. The lowest BCUT2D eigenvalue weighted by Gasteiger charge is -2.14. The molecule has 4 heteroatoms. The van der Waals surface area contributed by atoms with Gasteiger partial charge < -0.3 is 4.57 Å². The van der Waals surface area contributed by atoms with Crippen molar-refractivity contribution in [3.05, 3.63) is 194 Å². The molecule has 13 aromatic rings. The molecular formula is C54H32N4. The second-order valence-corrected chi connectivity index (χ2v) is 15.4. The fourth-order valence-electron chi connectivity index (χ4n) is 9.57. The summed E-state index contributed by atoms with van der Waals surface area (Å²) in [6.45, 7) is 0. The van der Waals surface area contributed by atoms with Crippen LogP contribution >= 0.6 is 0 Å². The van der Waals surface area contributed by atoms with E-state index in [1.807, 2.05) is 0 Å². The molecule has 0 N–H and O–H groups in total. The topological polar surface area (TPSA) is 35.6 Å². The van der Waals surface area contributed by atoms with E-state index in [1.54, 1.807) is 0 Å². The summed E-state index contributed by atoms with van der Waals surface area (Å²) in [5, 5.41) is 15.6. The Morgan fingerprint density at radius 3 is 1.74 bits per heavy atom. The largest absolute Gasteiger partial charge is 0.309 e. The van der Waals surface area contributed by atoms with Crippen LogP contribution in [0.15, 0.2) is 194 Å². The lowest BCUT2D eigenvalue weighted by Crippen LogP contribution is -2.02. The standard InChI is InChI=1S/C54H32N4/c1-3-13-40-33(11-1)21-22-35-23-24-37(31-46(35)40)53-55-48-18-8-5-17-45(48)54(56-53)58-50-20-10-7-16-43(50)47-30-36-25-27-39(29-38(36)32-51(47)58)57-49-19-9-6-15-42(49)44-28-26-34-12-2-4-14-41(34)52(44)57/h1-32H. The number of para-hydroxylation sites is 3. The van der Waals surface area contributed by atoms with Gasteiger partial charge in [0.2, 0.25) is 0 Å². The van der Waals surface area contributed by atoms with Crippen LogP contribution in [0.1, 0.15) is 0 Å². The van der Waals surface area contributed by atoms with Crippen LogP contribution in [0.4, 0.5) is 0 Å². The van der Waals surface area contributed by atoms with Gasteiger partial charge >= 0.3 is 0 Å². The van der Waals surface area contributed by atoms with Gasteiger partial charge in [0.15, 0.2) is 5.82 Å². The highest BCUT2D eigenvalue weighted by molar-refractivity contribution is 6.19. The fraction of sp³-hybridized carbons (Fsp3) is 0. The Balaban J connectivity index is 1.08. The lowest BCUT2D eigenvalue weighted by atomic mass is 10.00. The second-order valence-electron chi connectivity index (χ2n) is 15.4. The molecule has 3 heterocycles. The van der Waals surface area contributed by atoms with Gasteiger partial charge in [0.25, 0.3) is 0 Å². The average molecular weight is 737 g/mol. The minimum atomic E-state index is 0.705. The summed E-state index contributed by atoms with van der Waals surface area (Å²) in [6, 6.07) is 70.3. The molecule has 0 spiro atoms. The van der Waals surface area contributed by atoms with Crippen LogP contribution in [0.25, 0.3) is 120 Å². The maximum Gasteiger partial charge on any atom is 0.162 e. The van der Waals surface area contributed by atoms with Gasteiger partial charge in [-0.25, -0.2) is 9.97 Å². The van der Waals surface area contributed by atoms with Crippen LogP contribution < -0.4 is 0 Å². The van der Waals surface area contributed by atoms with Crippen LogP contribution in [-0.4, -0.2) is 19.1 Å². The Morgan fingerprint density at radius 1 is 0.310 bits per heavy atom. The Morgan fingerprint density at radius 2 is 0.914 bits per heavy atom. The molecule has 58 heavy (non-hydrogen) atoms. The van der Waals surface area contributed by atoms with E-state index in [0.29, 0.717) is 5.82 Å². The maximum absolute atomic E-state index is 5.48. The van der Waals surface area contributed by atoms with Crippen molar-refractivity contribution in [3.8, 4) is 22.9 Å². The summed E-state index contributed by atoms with van der Waals surface area (Å²) in [7, 11) is 0. The van der Waals surface area contributed by atoms with Crippen LogP contribution in [0.5, 0.6) is 0 Å². The molecule has 0 aliphatic rings. The molecule has 0 bridgehead atoms. The second kappa shape index (κ2) is 11.8. The molecule has 0 aliphatic heterocycles. The van der Waals surface area contributed by atoms with E-state index in [4.69, 9.17) is 9.97 Å². The predicted molar refractivity (Wildman–Crippen MR) is 244 cm³/mol. The summed E-state index contributed by atoms with van der Waals surface area (Å²) in [5.74, 6) is 1.57. The maximum atomic E-state index is 5.48. The first kappa shape index (κ1) is 31.4. The predicted octanol–water partition coefficient (Wildman–Crippen LogP) is 14.1. The first-order valence-electron chi connectivity index (χ1n) is 19.8. The van der Waals surface area contributed by atoms with Crippen LogP contribution in [0.2, 0.25) is 0 Å². The highest BCUT2D eigenvalue weighted by Gasteiger charge is 2.20. The Labute approximate surface area is 332 Å². The van der Waals surface area contributed by atoms with E-state index in [1.165, 1.54) is 75.7 Å². The van der Waals surface area contributed by atoms with Crippen molar-refractivity contribution in [1.29, 1.82) is 0 Å². The summed E-state index contributed by atoms with van der Waals surface area (Å²) in [6.07, 6.45) is 0. The number of fused-ring (bicyclic) bond motifs is 13. The highest BCUT2D eigenvalue weighted by atomic mass is 15.1. The zero-order chi connectivity index (χ0) is 37.9. The molecule has 0 atom stereocenters. The van der Waals surface area contributed by atoms with E-state index >= 15 is 0 Å². The van der Waals surface area contributed by atoms with E-state index in [0.717, 1.165) is 39.0 Å². The van der Waals surface area contributed by atoms with Crippen LogP contribution in [0.3, 0.4) is 0 Å². The molecular weight excluding hydrogens is 705 g/mol. The van der Waals surface area contributed by atoms with Gasteiger partial charge in [0, 0.05) is 43.6 Å². The average Bonchev–Trinajstić information content (AvgIpc) is 3.80. The van der Waals surface area contributed by atoms with Crippen LogP contribution in [-0.2, 0) is 0 Å². The monoisotopic (exact) mass is 736 g/mol. The fourth-order valence-corrected chi connectivity index (χ4v) is 9.57. The van der Waals surface area contributed by atoms with E-state index in [-0.39, 0.29) is 0 Å². The van der Waals surface area contributed by atoms with Gasteiger partial charge in [0.1, 0.15) is 5.82 Å². The minimum Gasteiger partial charge on any atom is -0.309 e. The molecule has 3 aromatic heterocycles. The van der Waals surface area contributed by atoms with Gasteiger partial charge in [-0.3, -0.25) is 4.57 Å². The van der Waals surface area contributed by atoms with Crippen LogP contribution in [0, 0.1) is 0 Å². The van der Waals surface area contributed by atoms with Crippen molar-refractivity contribution < 1.29 is 0 Å². The minimum absolute atomic E-state index is 0.705. The van der Waals surface area contributed by atoms with E-state index in [9.17, 15) is 0 Å². The summed E-state index contributed by atoms with van der Waals surface area (Å²) < 4.78 is 4.80. The van der Waals surface area contributed by atoms with Crippen molar-refractivity contribution in [2.24, 2.45) is 0 Å². The molecule has 0 amide bonds. The molecule has 13 rings (SSSR count). The molecule has 0 saturated heterocycles. The van der Waals surface area contributed by atoms with Gasteiger partial charge in [-0.05, 0) is 92.3 Å². The number of hydrogen-bond acceptors (Lipinski definition) is 2. The third-order valence-corrected chi connectivity index (χ3v) is 12.2. The normalized spacial score (nSPS) is 12.1. The number of hydrogen-bond donors (Lipinski definition) is 0. The number of rotatable bonds is 3. The first-order valence-corrected chi connectivity index (χ1v) is 19.8. The van der Waals surface area contributed by atoms with Gasteiger partial charge in [-0.2, -0.15) is 0 Å². The number of benzene rings is 10. The third-order valence-electron chi connectivity index (χ3n) is 12.2.